The van der Waals surface area contributed by atoms with Crippen LogP contribution in [0.25, 0.3) is 0 Å². The van der Waals surface area contributed by atoms with E-state index in [-0.39, 0.29) is 5.41 Å². The smallest absolute Gasteiger partial charge is 0.0461 e. The van der Waals surface area contributed by atoms with Crippen molar-refractivity contribution in [3.8, 4) is 0 Å². The molecule has 7 rings (SSSR count). The van der Waals surface area contributed by atoms with E-state index in [0.29, 0.717) is 0 Å². The van der Waals surface area contributed by atoms with E-state index in [2.05, 4.69) is 181 Å². The van der Waals surface area contributed by atoms with Gasteiger partial charge in [0, 0.05) is 39.5 Å². The highest BCUT2D eigenvalue weighted by Crippen LogP contribution is 2.47. The van der Waals surface area contributed by atoms with Gasteiger partial charge < -0.3 is 9.80 Å². The summed E-state index contributed by atoms with van der Waals surface area (Å²) in [4.78, 5) is 4.70. The minimum Gasteiger partial charge on any atom is -0.311 e. The van der Waals surface area contributed by atoms with Crippen LogP contribution in [-0.2, 0) is 5.41 Å². The minimum absolute atomic E-state index is 0.0150. The van der Waals surface area contributed by atoms with E-state index in [1.165, 1.54) is 71.5 Å². The Morgan fingerprint density at radius 2 is 0.667 bits per heavy atom. The van der Waals surface area contributed by atoms with Gasteiger partial charge in [0.1, 0.15) is 0 Å². The SMILES string of the molecule is Cc1ccc(N(c2ccccc2)c2ccc(C3(c4ccc(N(c5ccccc5)c5ccccc5)cc4)CCCCC3)cc2)cc1. The lowest BCUT2D eigenvalue weighted by atomic mass is 9.65. The number of benzene rings is 6. The highest BCUT2D eigenvalue weighted by atomic mass is 15.1. The molecule has 1 saturated carbocycles. The number of hydrogen-bond acceptors (Lipinski definition) is 2. The summed E-state index contributed by atoms with van der Waals surface area (Å²) in [6.45, 7) is 2.14. The fraction of sp³-hybridized carbons (Fsp3) is 0.163. The zero-order valence-corrected chi connectivity index (χ0v) is 26.0. The Morgan fingerprint density at radius 3 is 1.02 bits per heavy atom. The third-order valence-corrected chi connectivity index (χ3v) is 9.40. The number of aryl methyl sites for hydroxylation is 1. The van der Waals surface area contributed by atoms with Gasteiger partial charge in [-0.15, -0.1) is 0 Å². The van der Waals surface area contributed by atoms with Crippen LogP contribution in [-0.4, -0.2) is 0 Å². The van der Waals surface area contributed by atoms with E-state index in [9.17, 15) is 0 Å². The Balaban J connectivity index is 1.25. The van der Waals surface area contributed by atoms with Gasteiger partial charge in [-0.1, -0.05) is 116 Å². The molecule has 0 aromatic heterocycles. The van der Waals surface area contributed by atoms with Gasteiger partial charge in [-0.05, 0) is 104 Å². The lowest BCUT2D eigenvalue weighted by Gasteiger charge is -2.39. The highest BCUT2D eigenvalue weighted by molar-refractivity contribution is 5.78. The summed E-state index contributed by atoms with van der Waals surface area (Å²) in [5, 5.41) is 0. The van der Waals surface area contributed by atoms with E-state index >= 15 is 0 Å². The molecular formula is C43H40N2. The van der Waals surface area contributed by atoms with Gasteiger partial charge in [-0.2, -0.15) is 0 Å². The van der Waals surface area contributed by atoms with Crippen molar-refractivity contribution in [2.45, 2.75) is 44.4 Å². The van der Waals surface area contributed by atoms with Crippen molar-refractivity contribution in [2.75, 3.05) is 9.80 Å². The van der Waals surface area contributed by atoms with Crippen molar-refractivity contribution in [3.05, 3.63) is 180 Å². The molecule has 2 nitrogen and oxygen atoms in total. The van der Waals surface area contributed by atoms with Gasteiger partial charge >= 0.3 is 0 Å². The molecule has 0 saturated heterocycles. The van der Waals surface area contributed by atoms with Crippen molar-refractivity contribution in [2.24, 2.45) is 0 Å². The molecule has 0 spiro atoms. The third kappa shape index (κ3) is 5.89. The van der Waals surface area contributed by atoms with E-state index in [1.807, 2.05) is 0 Å². The second kappa shape index (κ2) is 12.9. The topological polar surface area (TPSA) is 6.48 Å². The van der Waals surface area contributed by atoms with Crippen LogP contribution in [0.5, 0.6) is 0 Å². The summed E-state index contributed by atoms with van der Waals surface area (Å²) < 4.78 is 0. The Labute approximate surface area is 268 Å². The van der Waals surface area contributed by atoms with Crippen molar-refractivity contribution in [1.82, 2.24) is 0 Å². The summed E-state index contributed by atoms with van der Waals surface area (Å²) in [6, 6.07) is 59.6. The predicted molar refractivity (Wildman–Crippen MR) is 191 cm³/mol. The van der Waals surface area contributed by atoms with Crippen LogP contribution in [0.3, 0.4) is 0 Å². The lowest BCUT2D eigenvalue weighted by Crippen LogP contribution is -2.30. The first-order chi connectivity index (χ1) is 22.2. The molecule has 1 aliphatic rings. The minimum atomic E-state index is 0.0150. The molecule has 45 heavy (non-hydrogen) atoms. The van der Waals surface area contributed by atoms with Crippen molar-refractivity contribution >= 4 is 34.1 Å². The molecule has 0 heterocycles. The molecule has 0 N–H and O–H groups in total. The highest BCUT2D eigenvalue weighted by Gasteiger charge is 2.36. The molecule has 2 heteroatoms. The molecule has 1 fully saturated rings. The van der Waals surface area contributed by atoms with E-state index in [4.69, 9.17) is 0 Å². The second-order valence-corrected chi connectivity index (χ2v) is 12.2. The number of hydrogen-bond donors (Lipinski definition) is 0. The van der Waals surface area contributed by atoms with Gasteiger partial charge in [-0.3, -0.25) is 0 Å². The molecule has 0 unspecified atom stereocenters. The van der Waals surface area contributed by atoms with Crippen molar-refractivity contribution in [3.63, 3.8) is 0 Å². The molecule has 1 aliphatic carbocycles. The molecular weight excluding hydrogens is 544 g/mol. The first-order valence-electron chi connectivity index (χ1n) is 16.2. The molecule has 0 atom stereocenters. The molecule has 222 valence electrons. The molecule has 0 amide bonds. The largest absolute Gasteiger partial charge is 0.311 e. The maximum absolute atomic E-state index is 2.39. The summed E-state index contributed by atoms with van der Waals surface area (Å²) in [5.74, 6) is 0. The van der Waals surface area contributed by atoms with Crippen molar-refractivity contribution < 1.29 is 0 Å². The summed E-state index contributed by atoms with van der Waals surface area (Å²) in [6.07, 6.45) is 6.16. The molecule has 0 radical (unpaired) electrons. The number of rotatable bonds is 8. The van der Waals surface area contributed by atoms with E-state index in [1.54, 1.807) is 0 Å². The normalized spacial score (nSPS) is 14.1. The summed E-state index contributed by atoms with van der Waals surface area (Å²) in [7, 11) is 0. The summed E-state index contributed by atoms with van der Waals surface area (Å²) >= 11 is 0. The average Bonchev–Trinajstić information content (AvgIpc) is 3.12. The van der Waals surface area contributed by atoms with Crippen LogP contribution in [0.4, 0.5) is 34.1 Å². The number of anilines is 6. The van der Waals surface area contributed by atoms with Gasteiger partial charge in [-0.25, -0.2) is 0 Å². The van der Waals surface area contributed by atoms with Crippen LogP contribution in [0.15, 0.2) is 164 Å². The van der Waals surface area contributed by atoms with Crippen LogP contribution >= 0.6 is 0 Å². The Morgan fingerprint density at radius 1 is 0.356 bits per heavy atom. The average molecular weight is 585 g/mol. The van der Waals surface area contributed by atoms with E-state index in [0.717, 1.165) is 11.4 Å². The summed E-state index contributed by atoms with van der Waals surface area (Å²) in [5.41, 5.74) is 11.1. The van der Waals surface area contributed by atoms with Gasteiger partial charge in [0.15, 0.2) is 0 Å². The van der Waals surface area contributed by atoms with E-state index < -0.39 is 0 Å². The van der Waals surface area contributed by atoms with Crippen LogP contribution < -0.4 is 9.80 Å². The third-order valence-electron chi connectivity index (χ3n) is 9.40. The number of para-hydroxylation sites is 3. The van der Waals surface area contributed by atoms with Gasteiger partial charge in [0.05, 0.1) is 0 Å². The monoisotopic (exact) mass is 584 g/mol. The van der Waals surface area contributed by atoms with Gasteiger partial charge in [0.25, 0.3) is 0 Å². The fourth-order valence-electron chi connectivity index (χ4n) is 7.08. The zero-order chi connectivity index (χ0) is 30.5. The van der Waals surface area contributed by atoms with Crippen molar-refractivity contribution in [1.29, 1.82) is 0 Å². The second-order valence-electron chi connectivity index (χ2n) is 12.2. The zero-order valence-electron chi connectivity index (χ0n) is 26.0. The molecule has 6 aromatic carbocycles. The van der Waals surface area contributed by atoms with Crippen LogP contribution in [0, 0.1) is 6.92 Å². The van der Waals surface area contributed by atoms with Crippen LogP contribution in [0.1, 0.15) is 48.8 Å². The molecule has 0 aliphatic heterocycles. The first-order valence-corrected chi connectivity index (χ1v) is 16.2. The standard InChI is InChI=1S/C43H40N2/c1-34-20-26-40(27-21-34)45(39-18-10-4-11-19-39)42-30-24-36(25-31-42)43(32-12-5-13-33-43)35-22-28-41(29-23-35)44(37-14-6-2-7-15-37)38-16-8-3-9-17-38/h2-4,6-11,14-31H,5,12-13,32-33H2,1H3. The quantitative estimate of drug-likeness (QED) is 0.176. The Kier molecular flexibility index (Phi) is 8.21. The Hall–Kier alpha value is -5.08. The maximum Gasteiger partial charge on any atom is 0.0461 e. The predicted octanol–water partition coefficient (Wildman–Crippen LogP) is 12.2. The first kappa shape index (κ1) is 28.7. The number of nitrogens with zero attached hydrogens (tertiary/aromatic N) is 2. The Bertz CT molecular complexity index is 1750. The van der Waals surface area contributed by atoms with Crippen LogP contribution in [0.2, 0.25) is 0 Å². The maximum atomic E-state index is 2.39. The van der Waals surface area contributed by atoms with Gasteiger partial charge in [0.2, 0.25) is 0 Å². The lowest BCUT2D eigenvalue weighted by molar-refractivity contribution is 0.346. The fourth-order valence-corrected chi connectivity index (χ4v) is 7.08. The molecule has 6 aromatic rings. The molecule has 0 bridgehead atoms.